The predicted octanol–water partition coefficient (Wildman–Crippen LogP) is 2.31. The number of hydrogen-bond acceptors (Lipinski definition) is 6. The highest BCUT2D eigenvalue weighted by molar-refractivity contribution is 5.96. The molecule has 3 aromatic heterocycles. The highest BCUT2D eigenvalue weighted by atomic mass is 19.1. The van der Waals surface area contributed by atoms with E-state index in [0.29, 0.717) is 17.0 Å². The molecular weight excluding hydrogens is 429 g/mol. The molecule has 0 aromatic carbocycles. The summed E-state index contributed by atoms with van der Waals surface area (Å²) in [5.41, 5.74) is 1.14. The van der Waals surface area contributed by atoms with Crippen molar-refractivity contribution < 1.29 is 23.2 Å². The number of nitrogens with one attached hydrogen (secondary N) is 3. The lowest BCUT2D eigenvalue weighted by molar-refractivity contribution is -0.123. The van der Waals surface area contributed by atoms with Crippen LogP contribution >= 0.6 is 0 Å². The Bertz CT molecular complexity index is 1160. The summed E-state index contributed by atoms with van der Waals surface area (Å²) in [7, 11) is 1.50. The topological polar surface area (TPSA) is 126 Å². The van der Waals surface area contributed by atoms with Crippen molar-refractivity contribution in [2.24, 2.45) is 5.92 Å². The van der Waals surface area contributed by atoms with Crippen LogP contribution in [0, 0.1) is 11.9 Å². The minimum absolute atomic E-state index is 0.0255. The molecule has 10 heteroatoms. The molecule has 0 bridgehead atoms. The Morgan fingerprint density at radius 2 is 1.88 bits per heavy atom. The molecule has 0 saturated heterocycles. The highest BCUT2D eigenvalue weighted by Crippen LogP contribution is 2.21. The summed E-state index contributed by atoms with van der Waals surface area (Å²) in [5, 5.41) is 7.86. The zero-order valence-corrected chi connectivity index (χ0v) is 18.4. The van der Waals surface area contributed by atoms with Crippen LogP contribution in [0.2, 0.25) is 0 Å². The van der Waals surface area contributed by atoms with E-state index in [4.69, 9.17) is 4.42 Å². The van der Waals surface area contributed by atoms with Crippen LogP contribution in [0.15, 0.2) is 53.1 Å². The van der Waals surface area contributed by atoms with Crippen LogP contribution in [-0.4, -0.2) is 40.8 Å². The largest absolute Gasteiger partial charge is 0.449 e. The summed E-state index contributed by atoms with van der Waals surface area (Å²) in [4.78, 5) is 44.5. The average Bonchev–Trinajstić information content (AvgIpc) is 3.31. The fourth-order valence-electron chi connectivity index (χ4n) is 3.03. The Kier molecular flexibility index (Phi) is 7.50. The molecule has 3 heterocycles. The summed E-state index contributed by atoms with van der Waals surface area (Å²) in [5.74, 6) is -1.79. The van der Waals surface area contributed by atoms with E-state index in [-0.39, 0.29) is 29.8 Å². The SMILES string of the molecule is CNC(=O)C(NC(=O)c1ccc(-c2cc(CNC(=O)c3cccc(F)n3)ccn2)o1)C(C)C. The molecule has 9 nitrogen and oxygen atoms in total. The van der Waals surface area contributed by atoms with Gasteiger partial charge in [-0.1, -0.05) is 19.9 Å². The minimum atomic E-state index is -0.735. The molecule has 0 aliphatic carbocycles. The zero-order chi connectivity index (χ0) is 24.0. The zero-order valence-electron chi connectivity index (χ0n) is 18.4. The molecule has 0 aliphatic rings. The molecule has 3 aromatic rings. The molecule has 3 amide bonds. The van der Waals surface area contributed by atoms with Crippen LogP contribution in [0.4, 0.5) is 4.39 Å². The highest BCUT2D eigenvalue weighted by Gasteiger charge is 2.25. The number of amides is 3. The monoisotopic (exact) mass is 453 g/mol. The summed E-state index contributed by atoms with van der Waals surface area (Å²) >= 11 is 0. The Labute approximate surface area is 189 Å². The van der Waals surface area contributed by atoms with Crippen LogP contribution in [0.3, 0.4) is 0 Å². The number of furan rings is 1. The van der Waals surface area contributed by atoms with Gasteiger partial charge in [0.25, 0.3) is 11.8 Å². The third kappa shape index (κ3) is 6.00. The van der Waals surface area contributed by atoms with E-state index in [0.717, 1.165) is 6.07 Å². The molecule has 1 unspecified atom stereocenters. The maximum Gasteiger partial charge on any atom is 0.287 e. The minimum Gasteiger partial charge on any atom is -0.449 e. The van der Waals surface area contributed by atoms with Gasteiger partial charge in [0.2, 0.25) is 11.9 Å². The van der Waals surface area contributed by atoms with Crippen molar-refractivity contribution in [1.82, 2.24) is 25.9 Å². The first-order valence-corrected chi connectivity index (χ1v) is 10.3. The van der Waals surface area contributed by atoms with E-state index in [1.165, 1.54) is 25.2 Å². The molecule has 0 fully saturated rings. The van der Waals surface area contributed by atoms with Crippen LogP contribution < -0.4 is 16.0 Å². The van der Waals surface area contributed by atoms with Gasteiger partial charge in [0, 0.05) is 19.8 Å². The summed E-state index contributed by atoms with van der Waals surface area (Å²) in [6, 6.07) is 9.78. The van der Waals surface area contributed by atoms with Gasteiger partial charge in [-0.15, -0.1) is 0 Å². The van der Waals surface area contributed by atoms with Crippen molar-refractivity contribution in [3.8, 4) is 11.5 Å². The number of likely N-dealkylation sites (N-methyl/N-ethyl adjacent to an activating group) is 1. The maximum absolute atomic E-state index is 13.2. The Hall–Kier alpha value is -4.08. The maximum atomic E-state index is 13.2. The van der Waals surface area contributed by atoms with Crippen molar-refractivity contribution >= 4 is 17.7 Å². The van der Waals surface area contributed by atoms with Crippen molar-refractivity contribution in [2.45, 2.75) is 26.4 Å². The normalized spacial score (nSPS) is 11.7. The molecule has 3 N–H and O–H groups in total. The van der Waals surface area contributed by atoms with Gasteiger partial charge in [-0.2, -0.15) is 4.39 Å². The third-order valence-electron chi connectivity index (χ3n) is 4.79. The van der Waals surface area contributed by atoms with Gasteiger partial charge in [0.1, 0.15) is 17.4 Å². The molecule has 0 saturated carbocycles. The molecular formula is C23H24FN5O4. The molecule has 0 radical (unpaired) electrons. The Morgan fingerprint density at radius 1 is 1.09 bits per heavy atom. The van der Waals surface area contributed by atoms with Gasteiger partial charge < -0.3 is 20.4 Å². The molecule has 3 rings (SSSR count). The van der Waals surface area contributed by atoms with Gasteiger partial charge in [0.05, 0.1) is 0 Å². The van der Waals surface area contributed by atoms with Gasteiger partial charge in [-0.3, -0.25) is 19.4 Å². The van der Waals surface area contributed by atoms with E-state index >= 15 is 0 Å². The van der Waals surface area contributed by atoms with Crippen molar-refractivity contribution in [3.05, 3.63) is 71.6 Å². The number of rotatable bonds is 8. The molecule has 0 spiro atoms. The van der Waals surface area contributed by atoms with Crippen molar-refractivity contribution in [1.29, 1.82) is 0 Å². The van der Waals surface area contributed by atoms with Gasteiger partial charge in [-0.05, 0) is 47.9 Å². The standard InChI is InChI=1S/C23H24FN5O4/c1-13(2)20(23(32)25-3)29-22(31)18-8-7-17(33-18)16-11-14(9-10-26-16)12-27-21(30)15-5-4-6-19(24)28-15/h4-11,13,20H,12H2,1-3H3,(H,25,32)(H,27,30)(H,29,31). The second-order valence-electron chi connectivity index (χ2n) is 7.55. The van der Waals surface area contributed by atoms with Gasteiger partial charge in [0.15, 0.2) is 11.5 Å². The molecule has 172 valence electrons. The third-order valence-corrected chi connectivity index (χ3v) is 4.79. The van der Waals surface area contributed by atoms with Gasteiger partial charge >= 0.3 is 0 Å². The van der Waals surface area contributed by atoms with Crippen LogP contribution in [0.5, 0.6) is 0 Å². The molecule has 0 aliphatic heterocycles. The molecule has 1 atom stereocenters. The second kappa shape index (κ2) is 10.5. The Morgan fingerprint density at radius 3 is 2.58 bits per heavy atom. The van der Waals surface area contributed by atoms with Crippen molar-refractivity contribution in [2.75, 3.05) is 7.05 Å². The van der Waals surface area contributed by atoms with Crippen LogP contribution in [0.25, 0.3) is 11.5 Å². The van der Waals surface area contributed by atoms with E-state index in [1.54, 1.807) is 24.4 Å². The molecule has 33 heavy (non-hydrogen) atoms. The number of pyridine rings is 2. The van der Waals surface area contributed by atoms with E-state index in [2.05, 4.69) is 25.9 Å². The smallest absolute Gasteiger partial charge is 0.287 e. The summed E-state index contributed by atoms with van der Waals surface area (Å²) < 4.78 is 18.8. The van der Waals surface area contributed by atoms with Crippen LogP contribution in [0.1, 0.15) is 40.5 Å². The lowest BCUT2D eigenvalue weighted by Crippen LogP contribution is -2.48. The summed E-state index contributed by atoms with van der Waals surface area (Å²) in [6.45, 7) is 3.81. The fourth-order valence-corrected chi connectivity index (χ4v) is 3.03. The Balaban J connectivity index is 1.67. The quantitative estimate of drug-likeness (QED) is 0.450. The van der Waals surface area contributed by atoms with E-state index in [1.807, 2.05) is 13.8 Å². The second-order valence-corrected chi connectivity index (χ2v) is 7.55. The average molecular weight is 453 g/mol. The number of aromatic nitrogens is 2. The van der Waals surface area contributed by atoms with E-state index in [9.17, 15) is 18.8 Å². The lowest BCUT2D eigenvalue weighted by Gasteiger charge is -2.19. The van der Waals surface area contributed by atoms with E-state index < -0.39 is 23.8 Å². The number of carbonyl (C=O) groups is 3. The number of hydrogen-bond donors (Lipinski definition) is 3. The number of carbonyl (C=O) groups excluding carboxylic acids is 3. The lowest BCUT2D eigenvalue weighted by atomic mass is 10.0. The predicted molar refractivity (Wildman–Crippen MR) is 117 cm³/mol. The van der Waals surface area contributed by atoms with Crippen molar-refractivity contribution in [3.63, 3.8) is 0 Å². The first-order valence-electron chi connectivity index (χ1n) is 10.3. The first-order chi connectivity index (χ1) is 15.8. The van der Waals surface area contributed by atoms with Gasteiger partial charge in [-0.25, -0.2) is 4.98 Å². The first kappa shape index (κ1) is 23.6. The fraction of sp³-hybridized carbons (Fsp3) is 0.261. The summed E-state index contributed by atoms with van der Waals surface area (Å²) in [6.07, 6.45) is 1.54. The number of nitrogens with zero attached hydrogens (tertiary/aromatic N) is 2. The number of halogens is 1. The van der Waals surface area contributed by atoms with Crippen LogP contribution in [-0.2, 0) is 11.3 Å².